The van der Waals surface area contributed by atoms with E-state index in [1.54, 1.807) is 24.3 Å². The molecule has 0 spiro atoms. The Morgan fingerprint density at radius 3 is 2.15 bits per heavy atom. The smallest absolute Gasteiger partial charge is 0.254 e. The number of benzene rings is 1. The van der Waals surface area contributed by atoms with E-state index in [-0.39, 0.29) is 58.5 Å². The maximum atomic E-state index is 13.0. The molecule has 2 atom stereocenters. The zero-order valence-corrected chi connectivity index (χ0v) is 26.7. The monoisotopic (exact) mass is 646 g/mol. The van der Waals surface area contributed by atoms with E-state index in [0.29, 0.717) is 24.1 Å². The largest absolute Gasteiger partial charge is 0.392 e. The van der Waals surface area contributed by atoms with Crippen LogP contribution in [0.4, 0.5) is 5.69 Å². The number of aliphatic hydroxyl groups is 1. The highest BCUT2D eigenvalue weighted by atomic mass is 16.5. The molecule has 2 rings (SSSR count). The van der Waals surface area contributed by atoms with Crippen LogP contribution >= 0.6 is 0 Å². The average Bonchev–Trinajstić information content (AvgIpc) is 3.33. The van der Waals surface area contributed by atoms with Crippen molar-refractivity contribution in [3.8, 4) is 0 Å². The van der Waals surface area contributed by atoms with Gasteiger partial charge in [0.15, 0.2) is 0 Å². The van der Waals surface area contributed by atoms with Crippen LogP contribution < -0.4 is 21.3 Å². The Labute approximate surface area is 269 Å². The first-order valence-corrected chi connectivity index (χ1v) is 15.2. The van der Waals surface area contributed by atoms with Crippen molar-refractivity contribution in [2.45, 2.75) is 51.3 Å². The highest BCUT2D eigenvalue weighted by molar-refractivity contribution is 6.14. The Hall–Kier alpha value is -4.18. The summed E-state index contributed by atoms with van der Waals surface area (Å²) in [6, 6.07) is 5.06. The summed E-state index contributed by atoms with van der Waals surface area (Å²) >= 11 is 0. The zero-order valence-electron chi connectivity index (χ0n) is 26.7. The molecule has 0 saturated carbocycles. The topological polar surface area (TPSA) is 196 Å². The van der Waals surface area contributed by atoms with Crippen molar-refractivity contribution >= 4 is 41.1 Å². The number of hydrogen-bond donors (Lipinski definition) is 5. The molecule has 254 valence electrons. The van der Waals surface area contributed by atoms with Gasteiger partial charge in [-0.25, -0.2) is 0 Å². The Bertz CT molecular complexity index is 1190. The van der Waals surface area contributed by atoms with Crippen LogP contribution in [0.2, 0.25) is 0 Å². The van der Waals surface area contributed by atoms with Gasteiger partial charge in [0.25, 0.3) is 11.8 Å². The van der Waals surface area contributed by atoms with Crippen LogP contribution in [-0.4, -0.2) is 123 Å². The number of aliphatic hydroxyl groups excluding tert-OH is 1. The van der Waals surface area contributed by atoms with Crippen LogP contribution in [0.5, 0.6) is 0 Å². The number of amides is 6. The lowest BCUT2D eigenvalue weighted by Gasteiger charge is -2.22. The van der Waals surface area contributed by atoms with E-state index in [4.69, 9.17) is 9.47 Å². The first kappa shape index (κ1) is 38.0. The summed E-state index contributed by atoms with van der Waals surface area (Å²) in [4.78, 5) is 75.9. The van der Waals surface area contributed by atoms with Crippen molar-refractivity contribution in [3.63, 3.8) is 0 Å². The molecule has 0 radical (unpaired) electrons. The number of imide groups is 1. The van der Waals surface area contributed by atoms with Gasteiger partial charge in [0.1, 0.15) is 18.6 Å². The maximum Gasteiger partial charge on any atom is 0.254 e. The second kappa shape index (κ2) is 20.8. The number of nitrogens with zero attached hydrogens (tertiary/aromatic N) is 2. The second-order valence-electron chi connectivity index (χ2n) is 10.9. The Kier molecular flexibility index (Phi) is 17.2. The minimum absolute atomic E-state index is 0.00869. The van der Waals surface area contributed by atoms with Gasteiger partial charge in [0.2, 0.25) is 23.6 Å². The lowest BCUT2D eigenvalue weighted by Crippen LogP contribution is -2.51. The fourth-order valence-electron chi connectivity index (χ4n) is 4.18. The number of hydrogen-bond acceptors (Lipinski definition) is 10. The number of unbranched alkanes of at least 4 members (excludes halogenated alkanes) is 1. The summed E-state index contributed by atoms with van der Waals surface area (Å²) < 4.78 is 10.7. The molecule has 1 aliphatic rings. The molecule has 5 N–H and O–H groups in total. The molecule has 15 nitrogen and oxygen atoms in total. The van der Waals surface area contributed by atoms with Crippen molar-refractivity contribution in [1.29, 1.82) is 0 Å². The Morgan fingerprint density at radius 2 is 1.52 bits per heavy atom. The molecule has 0 fully saturated rings. The highest BCUT2D eigenvalue weighted by Crippen LogP contribution is 2.12. The lowest BCUT2D eigenvalue weighted by molar-refractivity contribution is -0.141. The number of carbonyl (C=O) groups is 6. The van der Waals surface area contributed by atoms with Crippen molar-refractivity contribution in [1.82, 2.24) is 25.8 Å². The van der Waals surface area contributed by atoms with Crippen molar-refractivity contribution in [2.75, 3.05) is 65.5 Å². The van der Waals surface area contributed by atoms with Gasteiger partial charge in [-0.15, -0.1) is 0 Å². The van der Waals surface area contributed by atoms with Crippen LogP contribution in [0.1, 0.15) is 38.2 Å². The van der Waals surface area contributed by atoms with Gasteiger partial charge in [-0.1, -0.05) is 12.1 Å². The number of rotatable bonds is 22. The van der Waals surface area contributed by atoms with Gasteiger partial charge in [0, 0.05) is 30.8 Å². The van der Waals surface area contributed by atoms with Gasteiger partial charge in [-0.3, -0.25) is 33.7 Å². The van der Waals surface area contributed by atoms with Gasteiger partial charge >= 0.3 is 0 Å². The van der Waals surface area contributed by atoms with Crippen LogP contribution in [0.15, 0.2) is 36.4 Å². The normalized spacial score (nSPS) is 13.9. The number of ether oxygens (including phenoxy) is 2. The molecule has 15 heteroatoms. The maximum absolute atomic E-state index is 13.0. The molecule has 0 bridgehead atoms. The fraction of sp³-hybridized carbons (Fsp3) is 0.548. The van der Waals surface area contributed by atoms with Crippen LogP contribution in [-0.2, 0) is 44.8 Å². The van der Waals surface area contributed by atoms with E-state index in [2.05, 4.69) is 21.3 Å². The molecule has 0 aliphatic carbocycles. The second-order valence-corrected chi connectivity index (χ2v) is 10.9. The van der Waals surface area contributed by atoms with E-state index in [0.717, 1.165) is 30.0 Å². The minimum atomic E-state index is -0.884. The molecule has 1 aromatic carbocycles. The minimum Gasteiger partial charge on any atom is -0.392 e. The summed E-state index contributed by atoms with van der Waals surface area (Å²) in [6.07, 6.45) is 4.19. The van der Waals surface area contributed by atoms with Crippen LogP contribution in [0, 0.1) is 0 Å². The molecular weight excluding hydrogens is 600 g/mol. The molecule has 1 aromatic rings. The van der Waals surface area contributed by atoms with Gasteiger partial charge in [0.05, 0.1) is 33.0 Å². The van der Waals surface area contributed by atoms with E-state index in [1.807, 2.05) is 19.0 Å². The third-order valence-corrected chi connectivity index (χ3v) is 6.77. The van der Waals surface area contributed by atoms with Crippen LogP contribution in [0.3, 0.4) is 0 Å². The number of nitrogens with one attached hydrogen (secondary N) is 4. The summed E-state index contributed by atoms with van der Waals surface area (Å²) in [5, 5.41) is 19.9. The molecule has 0 aromatic heterocycles. The van der Waals surface area contributed by atoms with E-state index < -0.39 is 41.6 Å². The predicted octanol–water partition coefficient (Wildman–Crippen LogP) is -0.697. The van der Waals surface area contributed by atoms with E-state index >= 15 is 0 Å². The van der Waals surface area contributed by atoms with Crippen molar-refractivity contribution < 1.29 is 43.3 Å². The molecule has 0 unspecified atom stereocenters. The van der Waals surface area contributed by atoms with Gasteiger partial charge < -0.3 is 40.7 Å². The summed E-state index contributed by atoms with van der Waals surface area (Å²) in [7, 11) is 3.92. The molecule has 6 amide bonds. The lowest BCUT2D eigenvalue weighted by atomic mass is 10.1. The third kappa shape index (κ3) is 14.7. The number of anilines is 1. The summed E-state index contributed by atoms with van der Waals surface area (Å²) in [6.45, 7) is 2.79. The Balaban J connectivity index is 1.64. The fourth-order valence-corrected chi connectivity index (χ4v) is 4.18. The summed E-state index contributed by atoms with van der Waals surface area (Å²) in [5.74, 6) is -2.81. The molecule has 0 saturated heterocycles. The third-order valence-electron chi connectivity index (χ3n) is 6.77. The predicted molar refractivity (Wildman–Crippen MR) is 168 cm³/mol. The van der Waals surface area contributed by atoms with Crippen LogP contribution in [0.25, 0.3) is 0 Å². The molecule has 1 heterocycles. The first-order valence-electron chi connectivity index (χ1n) is 15.2. The average molecular weight is 647 g/mol. The van der Waals surface area contributed by atoms with E-state index in [1.165, 1.54) is 6.92 Å². The molecular formula is C31H46N6O9. The SMILES string of the molecule is C[C@H](NC(=O)CCOCCOCCNC(=O)CN1C(=O)C=CC1=O)C(=O)N[C@@H](CCCCN(C)C)C(=O)Nc1ccc(CO)cc1. The molecule has 46 heavy (non-hydrogen) atoms. The standard InChI is InChI=1S/C31H46N6O9/c1-22(30(43)35-25(6-4-5-15-36(2)3)31(44)34-24-9-7-23(21-38)8-10-24)33-26(39)13-16-45-18-19-46-17-14-32-27(40)20-37-28(41)11-12-29(37)42/h7-12,22,25,38H,4-6,13-21H2,1-3H3,(H,32,40)(H,33,39)(H,34,44)(H,35,43)/t22-,25-/m0/s1. The van der Waals surface area contributed by atoms with Crippen molar-refractivity contribution in [2.24, 2.45) is 0 Å². The zero-order chi connectivity index (χ0) is 33.9. The Morgan fingerprint density at radius 1 is 0.870 bits per heavy atom. The summed E-state index contributed by atoms with van der Waals surface area (Å²) in [5.41, 5.74) is 1.25. The van der Waals surface area contributed by atoms with Gasteiger partial charge in [-0.05, 0) is 64.5 Å². The first-order chi connectivity index (χ1) is 22.0. The molecule has 1 aliphatic heterocycles. The number of carbonyl (C=O) groups excluding carboxylic acids is 6. The quantitative estimate of drug-likeness (QED) is 0.0794. The highest BCUT2D eigenvalue weighted by Gasteiger charge is 2.26. The van der Waals surface area contributed by atoms with E-state index in [9.17, 15) is 33.9 Å². The van der Waals surface area contributed by atoms with Gasteiger partial charge in [-0.2, -0.15) is 0 Å². The van der Waals surface area contributed by atoms with Crippen molar-refractivity contribution in [3.05, 3.63) is 42.0 Å².